The van der Waals surface area contributed by atoms with E-state index in [0.29, 0.717) is 19.1 Å². The van der Waals surface area contributed by atoms with Gasteiger partial charge < -0.3 is 9.52 Å². The molecule has 0 aliphatic heterocycles. The van der Waals surface area contributed by atoms with E-state index >= 15 is 0 Å². The molecule has 2 N–H and O–H groups in total. The first kappa shape index (κ1) is 11.3. The van der Waals surface area contributed by atoms with E-state index in [2.05, 4.69) is 4.72 Å². The molecule has 7 heteroatoms. The molecule has 0 spiro atoms. The van der Waals surface area contributed by atoms with E-state index in [9.17, 15) is 13.2 Å². The van der Waals surface area contributed by atoms with Crippen LogP contribution in [0.25, 0.3) is 0 Å². The zero-order chi connectivity index (χ0) is 11.8. The molecule has 0 saturated heterocycles. The van der Waals surface area contributed by atoms with Crippen molar-refractivity contribution in [3.05, 3.63) is 17.9 Å². The van der Waals surface area contributed by atoms with Gasteiger partial charge in [0, 0.05) is 6.04 Å². The van der Waals surface area contributed by atoms with Gasteiger partial charge in [-0.05, 0) is 25.0 Å². The summed E-state index contributed by atoms with van der Waals surface area (Å²) in [6.07, 6.45) is 0.808. The number of aliphatic hydroxyl groups excluding tert-OH is 1. The molecule has 88 valence electrons. The normalized spacial score (nSPS) is 25.1. The smallest absolute Gasteiger partial charge is 0.274 e. The van der Waals surface area contributed by atoms with Gasteiger partial charge in [-0.25, -0.2) is 13.1 Å². The van der Waals surface area contributed by atoms with Crippen LogP contribution in [0.3, 0.4) is 0 Å². The van der Waals surface area contributed by atoms with E-state index in [0.717, 1.165) is 0 Å². The van der Waals surface area contributed by atoms with Gasteiger partial charge in [0.2, 0.25) is 5.09 Å². The van der Waals surface area contributed by atoms with E-state index in [1.54, 1.807) is 0 Å². The number of aldehydes is 1. The Hall–Kier alpha value is -1.18. The van der Waals surface area contributed by atoms with Crippen molar-refractivity contribution >= 4 is 16.3 Å². The number of carbonyl (C=O) groups is 1. The molecule has 0 radical (unpaired) electrons. The first-order chi connectivity index (χ1) is 7.51. The van der Waals surface area contributed by atoms with Gasteiger partial charge in [0.25, 0.3) is 10.0 Å². The summed E-state index contributed by atoms with van der Waals surface area (Å²) in [7, 11) is -3.72. The highest BCUT2D eigenvalue weighted by Gasteiger charge is 2.32. The standard InChI is InChI=1S/C9H11NO5S/c11-5-8-1-2-9(15-8)16(13,14)10-6-3-7(12)4-6/h1-2,5-7,10,12H,3-4H2. The zero-order valence-corrected chi connectivity index (χ0v) is 9.11. The maximum absolute atomic E-state index is 11.7. The molecule has 1 heterocycles. The first-order valence-electron chi connectivity index (χ1n) is 4.76. The van der Waals surface area contributed by atoms with Crippen molar-refractivity contribution < 1.29 is 22.7 Å². The molecule has 1 aliphatic rings. The van der Waals surface area contributed by atoms with Crippen LogP contribution in [0, 0.1) is 0 Å². The summed E-state index contributed by atoms with van der Waals surface area (Å²) in [4.78, 5) is 10.3. The molecule has 1 fully saturated rings. The maximum Gasteiger partial charge on any atom is 0.274 e. The minimum Gasteiger partial charge on any atom is -0.440 e. The average Bonchev–Trinajstić information content (AvgIpc) is 2.63. The minimum atomic E-state index is -3.72. The van der Waals surface area contributed by atoms with Gasteiger partial charge in [0.15, 0.2) is 12.0 Å². The number of furan rings is 1. The fourth-order valence-electron chi connectivity index (χ4n) is 1.50. The molecule has 0 aromatic carbocycles. The first-order valence-corrected chi connectivity index (χ1v) is 6.25. The lowest BCUT2D eigenvalue weighted by molar-refractivity contribution is 0.0710. The van der Waals surface area contributed by atoms with Crippen LogP contribution >= 0.6 is 0 Å². The van der Waals surface area contributed by atoms with E-state index in [1.165, 1.54) is 12.1 Å². The molecule has 16 heavy (non-hydrogen) atoms. The fraction of sp³-hybridized carbons (Fsp3) is 0.444. The highest BCUT2D eigenvalue weighted by Crippen LogP contribution is 2.22. The predicted octanol–water partition coefficient (Wildman–Crippen LogP) is -0.106. The quantitative estimate of drug-likeness (QED) is 0.722. The van der Waals surface area contributed by atoms with Crippen molar-refractivity contribution in [1.82, 2.24) is 4.72 Å². The molecule has 1 aromatic rings. The van der Waals surface area contributed by atoms with Gasteiger partial charge >= 0.3 is 0 Å². The van der Waals surface area contributed by atoms with Crippen molar-refractivity contribution in [2.24, 2.45) is 0 Å². The number of aliphatic hydroxyl groups is 1. The summed E-state index contributed by atoms with van der Waals surface area (Å²) in [6.45, 7) is 0. The highest BCUT2D eigenvalue weighted by atomic mass is 32.2. The fourth-order valence-corrected chi connectivity index (χ4v) is 2.70. The number of hydrogen-bond donors (Lipinski definition) is 2. The van der Waals surface area contributed by atoms with Gasteiger partial charge in [0.05, 0.1) is 6.10 Å². The minimum absolute atomic E-state index is 0.0333. The van der Waals surface area contributed by atoms with E-state index in [-0.39, 0.29) is 16.9 Å². The van der Waals surface area contributed by atoms with Gasteiger partial charge in [-0.15, -0.1) is 0 Å². The Morgan fingerprint density at radius 2 is 2.12 bits per heavy atom. The Labute approximate surface area is 92.3 Å². The SMILES string of the molecule is O=Cc1ccc(S(=O)(=O)NC2CC(O)C2)o1. The molecule has 1 aliphatic carbocycles. The lowest BCUT2D eigenvalue weighted by Gasteiger charge is -2.31. The second-order valence-electron chi connectivity index (χ2n) is 3.72. The van der Waals surface area contributed by atoms with Crippen molar-refractivity contribution in [3.63, 3.8) is 0 Å². The summed E-state index contributed by atoms with van der Waals surface area (Å²) in [5, 5.41) is 8.74. The van der Waals surface area contributed by atoms with Crippen LogP contribution in [0.5, 0.6) is 0 Å². The average molecular weight is 245 g/mol. The van der Waals surface area contributed by atoms with Crippen molar-refractivity contribution in [2.75, 3.05) is 0 Å². The monoisotopic (exact) mass is 245 g/mol. The van der Waals surface area contributed by atoms with Gasteiger partial charge in [-0.2, -0.15) is 0 Å². The van der Waals surface area contributed by atoms with Crippen LogP contribution in [-0.2, 0) is 10.0 Å². The Morgan fingerprint density at radius 1 is 1.44 bits per heavy atom. The van der Waals surface area contributed by atoms with Crippen LogP contribution in [0.4, 0.5) is 0 Å². The van der Waals surface area contributed by atoms with Crippen LogP contribution in [0.2, 0.25) is 0 Å². The molecule has 1 saturated carbocycles. The number of nitrogens with one attached hydrogen (secondary N) is 1. The van der Waals surface area contributed by atoms with Gasteiger partial charge in [-0.3, -0.25) is 4.79 Å². The third-order valence-corrected chi connectivity index (χ3v) is 3.81. The maximum atomic E-state index is 11.7. The van der Waals surface area contributed by atoms with E-state index in [1.807, 2.05) is 0 Å². The molecular weight excluding hydrogens is 234 g/mol. The molecule has 1 aromatic heterocycles. The lowest BCUT2D eigenvalue weighted by Crippen LogP contribution is -2.46. The Balaban J connectivity index is 2.09. The van der Waals surface area contributed by atoms with E-state index < -0.39 is 16.1 Å². The van der Waals surface area contributed by atoms with Gasteiger partial charge in [-0.1, -0.05) is 0 Å². The van der Waals surface area contributed by atoms with Gasteiger partial charge in [0.1, 0.15) is 0 Å². The van der Waals surface area contributed by atoms with E-state index in [4.69, 9.17) is 9.52 Å². The summed E-state index contributed by atoms with van der Waals surface area (Å²) < 4.78 is 30.5. The second kappa shape index (κ2) is 4.00. The predicted molar refractivity (Wildman–Crippen MR) is 53.4 cm³/mol. The second-order valence-corrected chi connectivity index (χ2v) is 5.36. The highest BCUT2D eigenvalue weighted by molar-refractivity contribution is 7.89. The van der Waals surface area contributed by atoms with Crippen molar-refractivity contribution in [1.29, 1.82) is 0 Å². The molecular formula is C9H11NO5S. The molecule has 0 amide bonds. The third-order valence-electron chi connectivity index (χ3n) is 2.42. The van der Waals surface area contributed by atoms with Crippen LogP contribution in [-0.4, -0.2) is 32.0 Å². The summed E-state index contributed by atoms with van der Waals surface area (Å²) in [6, 6.07) is 2.25. The van der Waals surface area contributed by atoms with Crippen LogP contribution in [0.1, 0.15) is 23.4 Å². The summed E-state index contributed by atoms with van der Waals surface area (Å²) >= 11 is 0. The lowest BCUT2D eigenvalue weighted by atomic mass is 9.91. The van der Waals surface area contributed by atoms with Crippen molar-refractivity contribution in [2.45, 2.75) is 30.1 Å². The molecule has 0 bridgehead atoms. The summed E-state index contributed by atoms with van der Waals surface area (Å²) in [5.41, 5.74) is 0. The van der Waals surface area contributed by atoms with Crippen LogP contribution in [0.15, 0.2) is 21.6 Å². The number of sulfonamides is 1. The Kier molecular flexibility index (Phi) is 2.83. The number of carbonyl (C=O) groups excluding carboxylic acids is 1. The van der Waals surface area contributed by atoms with Crippen LogP contribution < -0.4 is 4.72 Å². The summed E-state index contributed by atoms with van der Waals surface area (Å²) in [5.74, 6) is -0.0333. The third kappa shape index (κ3) is 2.16. The zero-order valence-electron chi connectivity index (χ0n) is 8.29. The Morgan fingerprint density at radius 3 is 2.62 bits per heavy atom. The largest absolute Gasteiger partial charge is 0.440 e. The number of hydrogen-bond acceptors (Lipinski definition) is 5. The molecule has 6 nitrogen and oxygen atoms in total. The molecule has 0 atom stereocenters. The molecule has 0 unspecified atom stereocenters. The molecule has 2 rings (SSSR count). The number of rotatable bonds is 4. The topological polar surface area (TPSA) is 96.6 Å². The van der Waals surface area contributed by atoms with Crippen molar-refractivity contribution in [3.8, 4) is 0 Å². The Bertz CT molecular complexity index is 486.